The van der Waals surface area contributed by atoms with Gasteiger partial charge in [0.2, 0.25) is 0 Å². The van der Waals surface area contributed by atoms with Crippen molar-refractivity contribution in [3.05, 3.63) is 57.0 Å². The number of ether oxygens (including phenoxy) is 1. The van der Waals surface area contributed by atoms with Gasteiger partial charge in [0.25, 0.3) is 0 Å². The molecule has 0 heterocycles. The molecule has 2 rings (SSSR count). The summed E-state index contributed by atoms with van der Waals surface area (Å²) < 4.78 is 6.21. The zero-order valence-electron chi connectivity index (χ0n) is 10.8. The van der Waals surface area contributed by atoms with E-state index in [1.54, 1.807) is 7.11 Å². The van der Waals surface area contributed by atoms with E-state index in [9.17, 15) is 0 Å². The third kappa shape index (κ3) is 3.88. The Hall–Kier alpha value is -1.19. The predicted molar refractivity (Wildman–Crippen MR) is 84.2 cm³/mol. The van der Waals surface area contributed by atoms with Gasteiger partial charge in [-0.15, -0.1) is 0 Å². The molecule has 0 spiro atoms. The Morgan fingerprint density at radius 2 is 2.00 bits per heavy atom. The number of hydrogen-bond donors (Lipinski definition) is 1. The van der Waals surface area contributed by atoms with E-state index in [1.807, 2.05) is 18.2 Å². The highest BCUT2D eigenvalue weighted by Crippen LogP contribution is 2.25. The Kier molecular flexibility index (Phi) is 4.72. The summed E-state index contributed by atoms with van der Waals surface area (Å²) in [7, 11) is 1.61. The lowest BCUT2D eigenvalue weighted by molar-refractivity contribution is 0.415. The Morgan fingerprint density at radius 3 is 2.63 bits per heavy atom. The van der Waals surface area contributed by atoms with Crippen molar-refractivity contribution in [3.8, 4) is 5.75 Å². The summed E-state index contributed by atoms with van der Waals surface area (Å²) in [4.78, 5) is 0. The van der Waals surface area contributed by atoms with Crippen LogP contribution in [0.15, 0.2) is 40.9 Å². The molecule has 0 saturated heterocycles. The molecule has 100 valence electrons. The molecule has 2 nitrogen and oxygen atoms in total. The molecule has 0 radical (unpaired) electrons. The second kappa shape index (κ2) is 6.31. The van der Waals surface area contributed by atoms with E-state index >= 15 is 0 Å². The minimum absolute atomic E-state index is 0.632. The molecule has 0 aromatic heterocycles. The van der Waals surface area contributed by atoms with Gasteiger partial charge < -0.3 is 10.1 Å². The van der Waals surface area contributed by atoms with Crippen molar-refractivity contribution in [2.24, 2.45) is 0 Å². The van der Waals surface area contributed by atoms with Crippen molar-refractivity contribution >= 4 is 33.2 Å². The quantitative estimate of drug-likeness (QED) is 0.842. The Morgan fingerprint density at radius 1 is 1.21 bits per heavy atom. The van der Waals surface area contributed by atoms with E-state index in [0.717, 1.165) is 22.3 Å². The van der Waals surface area contributed by atoms with Crippen molar-refractivity contribution in [3.63, 3.8) is 0 Å². The molecule has 4 heteroatoms. The molecule has 0 atom stereocenters. The first-order chi connectivity index (χ1) is 9.08. The van der Waals surface area contributed by atoms with Crippen LogP contribution in [-0.4, -0.2) is 7.11 Å². The maximum atomic E-state index is 6.10. The largest absolute Gasteiger partial charge is 0.495 e. The van der Waals surface area contributed by atoms with Gasteiger partial charge in [-0.25, -0.2) is 0 Å². The van der Waals surface area contributed by atoms with Gasteiger partial charge in [-0.05, 0) is 48.4 Å². The van der Waals surface area contributed by atoms with Gasteiger partial charge in [0.05, 0.1) is 12.1 Å². The van der Waals surface area contributed by atoms with Crippen LogP contribution in [0, 0.1) is 6.92 Å². The first-order valence-corrected chi connectivity index (χ1v) is 7.09. The van der Waals surface area contributed by atoms with Crippen molar-refractivity contribution in [2.75, 3.05) is 12.4 Å². The average molecular weight is 341 g/mol. The summed E-state index contributed by atoms with van der Waals surface area (Å²) in [6.07, 6.45) is 0. The molecule has 0 aliphatic carbocycles. The van der Waals surface area contributed by atoms with E-state index < -0.39 is 0 Å². The molecule has 2 aromatic carbocycles. The first-order valence-electron chi connectivity index (χ1n) is 5.92. The maximum Gasteiger partial charge on any atom is 0.137 e. The third-order valence-electron chi connectivity index (χ3n) is 2.75. The second-order valence-corrected chi connectivity index (χ2v) is 5.66. The lowest BCUT2D eigenvalue weighted by atomic mass is 10.2. The number of anilines is 1. The van der Waals surface area contributed by atoms with Crippen molar-refractivity contribution < 1.29 is 4.74 Å². The lowest BCUT2D eigenvalue weighted by Crippen LogP contribution is -2.00. The smallest absolute Gasteiger partial charge is 0.137 e. The molecular formula is C15H15BrClNO. The highest BCUT2D eigenvalue weighted by Gasteiger charge is 2.02. The van der Waals surface area contributed by atoms with Gasteiger partial charge in [0.15, 0.2) is 0 Å². The summed E-state index contributed by atoms with van der Waals surface area (Å²) in [6.45, 7) is 2.79. The topological polar surface area (TPSA) is 21.3 Å². The molecule has 0 bridgehead atoms. The standard InChI is InChI=1S/C15H15BrClNO/c1-10-5-12(16)8-13(6-10)18-9-11-3-4-15(19-2)14(17)7-11/h3-8,18H,9H2,1-2H3. The molecule has 0 amide bonds. The highest BCUT2D eigenvalue weighted by atomic mass is 79.9. The number of rotatable bonds is 4. The second-order valence-electron chi connectivity index (χ2n) is 4.34. The minimum Gasteiger partial charge on any atom is -0.495 e. The number of benzene rings is 2. The monoisotopic (exact) mass is 339 g/mol. The normalized spacial score (nSPS) is 10.3. The fourth-order valence-corrected chi connectivity index (χ4v) is 2.75. The number of halogens is 2. The van der Waals surface area contributed by atoms with Crippen LogP contribution in [0.5, 0.6) is 5.75 Å². The predicted octanol–water partition coefficient (Wildman–Crippen LogP) is 5.03. The number of aryl methyl sites for hydroxylation is 1. The Balaban J connectivity index is 2.08. The Labute approximate surface area is 126 Å². The van der Waals surface area contributed by atoms with Gasteiger partial charge in [-0.1, -0.05) is 33.6 Å². The van der Waals surface area contributed by atoms with E-state index in [4.69, 9.17) is 16.3 Å². The highest BCUT2D eigenvalue weighted by molar-refractivity contribution is 9.10. The van der Waals surface area contributed by atoms with Crippen LogP contribution in [0.1, 0.15) is 11.1 Å². The molecule has 0 saturated carbocycles. The zero-order valence-corrected chi connectivity index (χ0v) is 13.2. The fraction of sp³-hybridized carbons (Fsp3) is 0.200. The van der Waals surface area contributed by atoms with Gasteiger partial charge >= 0.3 is 0 Å². The van der Waals surface area contributed by atoms with Crippen LogP contribution in [0.25, 0.3) is 0 Å². The molecule has 2 aromatic rings. The van der Waals surface area contributed by atoms with E-state index in [1.165, 1.54) is 5.56 Å². The minimum atomic E-state index is 0.632. The molecular weight excluding hydrogens is 326 g/mol. The average Bonchev–Trinajstić information content (AvgIpc) is 2.35. The zero-order chi connectivity index (χ0) is 13.8. The van der Waals surface area contributed by atoms with Crippen LogP contribution in [-0.2, 0) is 6.54 Å². The summed E-state index contributed by atoms with van der Waals surface area (Å²) in [6, 6.07) is 12.0. The van der Waals surface area contributed by atoms with Gasteiger partial charge in [-0.2, -0.15) is 0 Å². The molecule has 0 unspecified atom stereocenters. The maximum absolute atomic E-state index is 6.10. The summed E-state index contributed by atoms with van der Waals surface area (Å²) >= 11 is 9.59. The number of hydrogen-bond acceptors (Lipinski definition) is 2. The van der Waals surface area contributed by atoms with Crippen molar-refractivity contribution in [1.29, 1.82) is 0 Å². The van der Waals surface area contributed by atoms with E-state index in [2.05, 4.69) is 46.4 Å². The van der Waals surface area contributed by atoms with Crippen LogP contribution < -0.4 is 10.1 Å². The fourth-order valence-electron chi connectivity index (χ4n) is 1.86. The van der Waals surface area contributed by atoms with Gasteiger partial charge in [-0.3, -0.25) is 0 Å². The van der Waals surface area contributed by atoms with Crippen molar-refractivity contribution in [1.82, 2.24) is 0 Å². The van der Waals surface area contributed by atoms with Gasteiger partial charge in [0, 0.05) is 16.7 Å². The third-order valence-corrected chi connectivity index (χ3v) is 3.51. The molecule has 19 heavy (non-hydrogen) atoms. The van der Waals surface area contributed by atoms with E-state index in [-0.39, 0.29) is 0 Å². The van der Waals surface area contributed by atoms with Crippen LogP contribution in [0.2, 0.25) is 5.02 Å². The summed E-state index contributed by atoms with van der Waals surface area (Å²) in [5, 5.41) is 4.01. The number of nitrogens with one attached hydrogen (secondary N) is 1. The van der Waals surface area contributed by atoms with Crippen molar-refractivity contribution in [2.45, 2.75) is 13.5 Å². The number of methoxy groups -OCH3 is 1. The molecule has 0 fully saturated rings. The Bertz CT molecular complexity index is 566. The summed E-state index contributed by atoms with van der Waals surface area (Å²) in [5.74, 6) is 0.698. The first kappa shape index (κ1) is 14.2. The van der Waals surface area contributed by atoms with E-state index in [0.29, 0.717) is 10.8 Å². The van der Waals surface area contributed by atoms with Crippen LogP contribution in [0.4, 0.5) is 5.69 Å². The lowest BCUT2D eigenvalue weighted by Gasteiger charge is -2.10. The molecule has 0 aliphatic heterocycles. The van der Waals surface area contributed by atoms with Crippen LogP contribution >= 0.6 is 27.5 Å². The molecule has 1 N–H and O–H groups in total. The van der Waals surface area contributed by atoms with Gasteiger partial charge in [0.1, 0.15) is 5.75 Å². The SMILES string of the molecule is COc1ccc(CNc2cc(C)cc(Br)c2)cc1Cl. The van der Waals surface area contributed by atoms with Crippen LogP contribution in [0.3, 0.4) is 0 Å². The molecule has 0 aliphatic rings. The summed E-state index contributed by atoms with van der Waals surface area (Å²) in [5.41, 5.74) is 3.41.